The first-order valence-electron chi connectivity index (χ1n) is 1.59. The summed E-state index contributed by atoms with van der Waals surface area (Å²) in [5.41, 5.74) is 2.44. The van der Waals surface area contributed by atoms with Crippen molar-refractivity contribution in [1.29, 1.82) is 0 Å². The lowest BCUT2D eigenvalue weighted by atomic mass is 11.3. The second-order valence-electron chi connectivity index (χ2n) is 0.787. The van der Waals surface area contributed by atoms with Crippen LogP contribution in [0.1, 0.15) is 0 Å². The van der Waals surface area contributed by atoms with Crippen LogP contribution in [0.2, 0.25) is 0 Å². The third-order valence-electron chi connectivity index (χ3n) is 0.410. The molecule has 1 aliphatic heterocycles. The summed E-state index contributed by atoms with van der Waals surface area (Å²) in [6.45, 7) is 0.472. The predicted molar refractivity (Wildman–Crippen MR) is 16.1 cm³/mol. The topological polar surface area (TPSA) is 39.7 Å². The molecule has 0 atom stereocenters. The van der Waals surface area contributed by atoms with E-state index in [4.69, 9.17) is 0 Å². The maximum absolute atomic E-state index is 4.47. The quantitative estimate of drug-likeness (QED) is 0.403. The van der Waals surface area contributed by atoms with Crippen molar-refractivity contribution in [1.82, 2.24) is 5.48 Å². The summed E-state index contributed by atoms with van der Waals surface area (Å²) in [5, 5.41) is 0. The van der Waals surface area contributed by atoms with E-state index in [0.29, 0.717) is 6.73 Å². The molecule has 0 radical (unpaired) electrons. The van der Waals surface area contributed by atoms with Crippen LogP contribution in [-0.2, 0) is 14.6 Å². The van der Waals surface area contributed by atoms with E-state index in [2.05, 4.69) is 20.1 Å². The lowest BCUT2D eigenvalue weighted by molar-refractivity contribution is -0.399. The van der Waals surface area contributed by atoms with Crippen molar-refractivity contribution in [3.63, 3.8) is 0 Å². The molecule has 0 spiro atoms. The summed E-state index contributed by atoms with van der Waals surface area (Å²) >= 11 is 0. The fourth-order valence-corrected chi connectivity index (χ4v) is 0.207. The van der Waals surface area contributed by atoms with E-state index in [9.17, 15) is 0 Å². The van der Waals surface area contributed by atoms with Gasteiger partial charge in [0, 0.05) is 0 Å². The van der Waals surface area contributed by atoms with Crippen molar-refractivity contribution < 1.29 is 14.6 Å². The van der Waals surface area contributed by atoms with E-state index in [1.807, 2.05) is 0 Å². The first-order valence-corrected chi connectivity index (χ1v) is 1.59. The zero-order valence-electron chi connectivity index (χ0n) is 3.14. The van der Waals surface area contributed by atoms with E-state index in [-0.39, 0.29) is 6.79 Å². The molecule has 0 aromatic rings. The van der Waals surface area contributed by atoms with Gasteiger partial charge in [-0.05, 0) is 0 Å². The van der Waals surface area contributed by atoms with Gasteiger partial charge < -0.3 is 0 Å². The molecule has 0 amide bonds. The van der Waals surface area contributed by atoms with Crippen molar-refractivity contribution in [2.45, 2.75) is 0 Å². The van der Waals surface area contributed by atoms with E-state index in [1.165, 1.54) is 0 Å². The molecule has 1 fully saturated rings. The number of hydroxylamine groups is 1. The zero-order valence-corrected chi connectivity index (χ0v) is 3.14. The number of hydrogen-bond acceptors (Lipinski definition) is 4. The molecule has 1 saturated heterocycles. The predicted octanol–water partition coefficient (Wildman–Crippen LogP) is -0.616. The van der Waals surface area contributed by atoms with Crippen LogP contribution in [0.4, 0.5) is 0 Å². The minimum atomic E-state index is 0.167. The highest BCUT2D eigenvalue weighted by atomic mass is 17.2. The molecular weight excluding hydrogens is 86.0 g/mol. The molecule has 0 aromatic carbocycles. The summed E-state index contributed by atoms with van der Waals surface area (Å²) in [6, 6.07) is 0. The Hall–Kier alpha value is -0.160. The van der Waals surface area contributed by atoms with Crippen LogP contribution in [0.25, 0.3) is 0 Å². The lowest BCUT2D eigenvalue weighted by Crippen LogP contribution is -2.26. The van der Waals surface area contributed by atoms with E-state index in [0.717, 1.165) is 0 Å². The molecule has 4 heteroatoms. The van der Waals surface area contributed by atoms with Crippen molar-refractivity contribution in [3.05, 3.63) is 0 Å². The Labute approximate surface area is 34.9 Å². The Balaban J connectivity index is 2.00. The smallest absolute Gasteiger partial charge is 0.200 e. The molecule has 0 saturated carbocycles. The molecule has 0 unspecified atom stereocenters. The SMILES string of the molecule is C1NOCOO1. The molecule has 1 heterocycles. The number of rotatable bonds is 0. The van der Waals surface area contributed by atoms with Crippen LogP contribution in [0.3, 0.4) is 0 Å². The van der Waals surface area contributed by atoms with Crippen LogP contribution in [-0.4, -0.2) is 13.5 Å². The molecule has 0 bridgehead atoms. The van der Waals surface area contributed by atoms with Crippen LogP contribution in [0.15, 0.2) is 0 Å². The first-order chi connectivity index (χ1) is 3.00. The Morgan fingerprint density at radius 3 is 2.50 bits per heavy atom. The minimum Gasteiger partial charge on any atom is -0.268 e. The Morgan fingerprint density at radius 1 is 1.33 bits per heavy atom. The summed E-state index contributed by atoms with van der Waals surface area (Å²) < 4.78 is 0. The van der Waals surface area contributed by atoms with Gasteiger partial charge in [-0.1, -0.05) is 0 Å². The van der Waals surface area contributed by atoms with Crippen molar-refractivity contribution in [2.75, 3.05) is 13.5 Å². The van der Waals surface area contributed by atoms with E-state index in [1.54, 1.807) is 0 Å². The zero-order chi connectivity index (χ0) is 4.24. The summed E-state index contributed by atoms with van der Waals surface area (Å²) in [4.78, 5) is 13.1. The minimum absolute atomic E-state index is 0.167. The maximum atomic E-state index is 4.47. The largest absolute Gasteiger partial charge is 0.268 e. The summed E-state index contributed by atoms with van der Waals surface area (Å²) in [5.74, 6) is 0. The van der Waals surface area contributed by atoms with E-state index >= 15 is 0 Å². The second kappa shape index (κ2) is 2.09. The first kappa shape index (κ1) is 4.01. The van der Waals surface area contributed by atoms with Gasteiger partial charge in [-0.3, -0.25) is 4.84 Å². The molecule has 0 aromatic heterocycles. The van der Waals surface area contributed by atoms with Gasteiger partial charge in [0.25, 0.3) is 0 Å². The monoisotopic (exact) mass is 91.0 g/mol. The highest BCUT2D eigenvalue weighted by molar-refractivity contribution is 4.04. The molecular formula is C2H5NO3. The van der Waals surface area contributed by atoms with Crippen LogP contribution < -0.4 is 5.48 Å². The summed E-state index contributed by atoms with van der Waals surface area (Å²) in [6.07, 6.45) is 0. The molecule has 1 N–H and O–H groups in total. The van der Waals surface area contributed by atoms with Crippen molar-refractivity contribution in [3.8, 4) is 0 Å². The third-order valence-corrected chi connectivity index (χ3v) is 0.410. The third kappa shape index (κ3) is 0.908. The Bertz CT molecular complexity index is 24.3. The number of nitrogens with one attached hydrogen (secondary N) is 1. The molecule has 4 nitrogen and oxygen atoms in total. The van der Waals surface area contributed by atoms with Gasteiger partial charge in [-0.15, -0.1) is 0 Å². The fourth-order valence-electron chi connectivity index (χ4n) is 0.207. The molecule has 0 aliphatic carbocycles. The van der Waals surface area contributed by atoms with Crippen molar-refractivity contribution in [2.24, 2.45) is 0 Å². The molecule has 6 heavy (non-hydrogen) atoms. The average molecular weight is 91.1 g/mol. The summed E-state index contributed by atoms with van der Waals surface area (Å²) in [7, 11) is 0. The van der Waals surface area contributed by atoms with Gasteiger partial charge in [0.1, 0.15) is 0 Å². The average Bonchev–Trinajstić information content (AvgIpc) is 1.72. The van der Waals surface area contributed by atoms with Gasteiger partial charge in [0.2, 0.25) is 6.79 Å². The van der Waals surface area contributed by atoms with Crippen LogP contribution in [0.5, 0.6) is 0 Å². The van der Waals surface area contributed by atoms with Gasteiger partial charge in [-0.25, -0.2) is 9.78 Å². The van der Waals surface area contributed by atoms with E-state index < -0.39 is 0 Å². The van der Waals surface area contributed by atoms with Crippen molar-refractivity contribution >= 4 is 0 Å². The highest BCUT2D eigenvalue weighted by Gasteiger charge is 1.93. The van der Waals surface area contributed by atoms with Crippen LogP contribution >= 0.6 is 0 Å². The normalized spacial score (nSPS) is 24.0. The molecule has 36 valence electrons. The Morgan fingerprint density at radius 2 is 2.33 bits per heavy atom. The van der Waals surface area contributed by atoms with Crippen LogP contribution in [0, 0.1) is 0 Å². The Kier molecular flexibility index (Phi) is 1.40. The highest BCUT2D eigenvalue weighted by Crippen LogP contribution is 1.81. The van der Waals surface area contributed by atoms with Gasteiger partial charge in [-0.2, -0.15) is 5.48 Å². The van der Waals surface area contributed by atoms with Gasteiger partial charge >= 0.3 is 0 Å². The second-order valence-corrected chi connectivity index (χ2v) is 0.787. The molecule has 1 aliphatic rings. The fraction of sp³-hybridized carbons (Fsp3) is 1.00. The lowest BCUT2D eigenvalue weighted by Gasteiger charge is -2.09. The number of hydrogen-bond donors (Lipinski definition) is 1. The van der Waals surface area contributed by atoms with Gasteiger partial charge in [0.05, 0.1) is 0 Å². The standard InChI is InChI=1S/C2H5NO3/c1-3-4-2-6-5-1/h3H,1-2H2. The molecule has 1 rings (SSSR count). The van der Waals surface area contributed by atoms with Gasteiger partial charge in [0.15, 0.2) is 6.73 Å². The maximum Gasteiger partial charge on any atom is 0.200 e.